The van der Waals surface area contributed by atoms with Gasteiger partial charge in [0.05, 0.1) is 24.7 Å². The zero-order valence-electron chi connectivity index (χ0n) is 19.9. The normalized spacial score (nSPS) is 17.8. The van der Waals surface area contributed by atoms with Gasteiger partial charge in [0.25, 0.3) is 11.8 Å². The van der Waals surface area contributed by atoms with Crippen molar-refractivity contribution < 1.29 is 31.6 Å². The smallest absolute Gasteiger partial charge is 0.347 e. The monoisotopic (exact) mass is 554 g/mol. The van der Waals surface area contributed by atoms with Gasteiger partial charge in [-0.2, -0.15) is 0 Å². The lowest BCUT2D eigenvalue weighted by molar-refractivity contribution is -0.118. The molecule has 1 unspecified atom stereocenters. The van der Waals surface area contributed by atoms with Gasteiger partial charge < -0.3 is 19.7 Å². The number of halogens is 1. The highest BCUT2D eigenvalue weighted by Crippen LogP contribution is 2.61. The number of carbonyl (C=O) groups is 2. The molecule has 2 amide bonds. The summed E-state index contributed by atoms with van der Waals surface area (Å²) in [6.45, 7) is 3.24. The first-order valence-electron chi connectivity index (χ1n) is 11.4. The molecule has 0 radical (unpaired) electrons. The molecule has 9 nitrogen and oxygen atoms in total. The molecular weight excluding hydrogens is 527 g/mol. The number of nitrogens with one attached hydrogen (secondary N) is 2. The fourth-order valence-corrected chi connectivity index (χ4v) is 7.43. The summed E-state index contributed by atoms with van der Waals surface area (Å²) in [5.74, 6) is -1.74. The van der Waals surface area contributed by atoms with Crippen LogP contribution in [0.1, 0.15) is 36.2 Å². The average molecular weight is 555 g/mol. The van der Waals surface area contributed by atoms with Gasteiger partial charge in [-0.25, -0.2) is 8.42 Å². The zero-order valence-corrected chi connectivity index (χ0v) is 22.4. The Bertz CT molecular complexity index is 1270. The summed E-state index contributed by atoms with van der Waals surface area (Å²) in [5, 5.41) is 5.48. The number of hydrogen-bond donors (Lipinski definition) is 2. The first-order chi connectivity index (χ1) is 17.1. The van der Waals surface area contributed by atoms with E-state index in [4.69, 9.17) is 20.6 Å². The van der Waals surface area contributed by atoms with E-state index in [1.54, 1.807) is 44.2 Å². The third-order valence-corrected chi connectivity index (χ3v) is 9.54. The number of hydrogen-bond acceptors (Lipinski definition) is 7. The summed E-state index contributed by atoms with van der Waals surface area (Å²) in [6.07, 6.45) is 0.221. The van der Waals surface area contributed by atoms with Crippen LogP contribution in [0.15, 0.2) is 60.3 Å². The van der Waals surface area contributed by atoms with Crippen LogP contribution in [0, 0.1) is 0 Å². The second kappa shape index (κ2) is 12.2. The van der Waals surface area contributed by atoms with Crippen molar-refractivity contribution in [1.29, 1.82) is 0 Å². The highest BCUT2D eigenvalue weighted by molar-refractivity contribution is 7.91. The Morgan fingerprint density at radius 1 is 1.00 bits per heavy atom. The Hall–Kier alpha value is -2.49. The van der Waals surface area contributed by atoms with Crippen molar-refractivity contribution in [3.05, 3.63) is 76.4 Å². The standard InChI is InChI=1S/C24H28ClN2O7PS/c1-3-33-35(30,34-4-2)22(17-10-12-19(25)13-11-17)21(27-23(28)18-8-6-5-7-9-18)24(29)26-20-14-15-36(31,32)16-20/h5-13,20H,3-4,14-16H2,1-2H3,(H,26,29)(H,27,28). The summed E-state index contributed by atoms with van der Waals surface area (Å²) in [4.78, 5) is 26.7. The Balaban J connectivity index is 2.19. The predicted molar refractivity (Wildman–Crippen MR) is 138 cm³/mol. The zero-order chi connectivity index (χ0) is 26.3. The maximum absolute atomic E-state index is 14.0. The molecule has 36 heavy (non-hydrogen) atoms. The van der Waals surface area contributed by atoms with E-state index in [-0.39, 0.29) is 53.3 Å². The molecule has 2 aromatic rings. The van der Waals surface area contributed by atoms with Gasteiger partial charge in [-0.1, -0.05) is 41.9 Å². The number of benzene rings is 2. The van der Waals surface area contributed by atoms with Crippen molar-refractivity contribution in [3.8, 4) is 0 Å². The van der Waals surface area contributed by atoms with Crippen LogP contribution in [0.5, 0.6) is 0 Å². The van der Waals surface area contributed by atoms with Gasteiger partial charge in [-0.05, 0) is 50.1 Å². The van der Waals surface area contributed by atoms with Gasteiger partial charge in [0.1, 0.15) is 11.0 Å². The van der Waals surface area contributed by atoms with E-state index in [0.29, 0.717) is 5.02 Å². The third-order valence-electron chi connectivity index (χ3n) is 5.30. The Morgan fingerprint density at radius 3 is 2.14 bits per heavy atom. The molecule has 0 aliphatic carbocycles. The van der Waals surface area contributed by atoms with Crippen molar-refractivity contribution >= 4 is 46.2 Å². The Morgan fingerprint density at radius 2 is 1.61 bits per heavy atom. The van der Waals surface area contributed by atoms with E-state index >= 15 is 0 Å². The van der Waals surface area contributed by atoms with Crippen LogP contribution >= 0.6 is 19.2 Å². The van der Waals surface area contributed by atoms with E-state index < -0.39 is 35.3 Å². The maximum atomic E-state index is 14.0. The molecule has 1 aliphatic heterocycles. The Kier molecular flexibility index (Phi) is 9.49. The minimum Gasteiger partial charge on any atom is -0.347 e. The van der Waals surface area contributed by atoms with Crippen LogP contribution in [-0.4, -0.2) is 51.0 Å². The molecule has 0 bridgehead atoms. The summed E-state index contributed by atoms with van der Waals surface area (Å²) in [6, 6.07) is 13.6. The molecule has 2 N–H and O–H groups in total. The second-order valence-electron chi connectivity index (χ2n) is 7.96. The molecule has 1 heterocycles. The lowest BCUT2D eigenvalue weighted by atomic mass is 10.1. The van der Waals surface area contributed by atoms with E-state index in [2.05, 4.69) is 10.6 Å². The van der Waals surface area contributed by atoms with Gasteiger partial charge in [0, 0.05) is 16.6 Å². The van der Waals surface area contributed by atoms with Gasteiger partial charge in [0.2, 0.25) is 0 Å². The number of sulfone groups is 1. The Labute approximate surface area is 215 Å². The van der Waals surface area contributed by atoms with Gasteiger partial charge >= 0.3 is 7.60 Å². The summed E-state index contributed by atoms with van der Waals surface area (Å²) in [7, 11) is -7.44. The molecule has 1 atom stereocenters. The molecule has 0 aromatic heterocycles. The van der Waals surface area contributed by atoms with E-state index in [1.165, 1.54) is 24.3 Å². The molecule has 1 fully saturated rings. The van der Waals surface area contributed by atoms with Crippen LogP contribution in [0.2, 0.25) is 5.02 Å². The van der Waals surface area contributed by atoms with E-state index in [9.17, 15) is 22.6 Å². The van der Waals surface area contributed by atoms with Crippen LogP contribution < -0.4 is 10.6 Å². The SMILES string of the molecule is CCOP(=O)(OCC)C(=C(NC(=O)c1ccccc1)C(=O)NC1CCS(=O)(=O)C1)c1ccc(Cl)cc1. The minimum atomic E-state index is -4.15. The largest absolute Gasteiger partial charge is 0.364 e. The molecular formula is C24H28ClN2O7PS. The molecule has 0 spiro atoms. The number of amides is 2. The topological polar surface area (TPSA) is 128 Å². The fraction of sp³-hybridized carbons (Fsp3) is 0.333. The number of rotatable bonds is 10. The lowest BCUT2D eigenvalue weighted by Gasteiger charge is -2.24. The van der Waals surface area contributed by atoms with Crippen molar-refractivity contribution in [1.82, 2.24) is 10.6 Å². The summed E-state index contributed by atoms with van der Waals surface area (Å²) < 4.78 is 49.0. The van der Waals surface area contributed by atoms with Crippen molar-refractivity contribution in [2.24, 2.45) is 0 Å². The fourth-order valence-electron chi connectivity index (χ4n) is 3.72. The summed E-state index contributed by atoms with van der Waals surface area (Å²) in [5.41, 5.74) is 0.173. The molecule has 1 saturated heterocycles. The van der Waals surface area contributed by atoms with Gasteiger partial charge in [0.15, 0.2) is 9.84 Å². The second-order valence-corrected chi connectivity index (χ2v) is 12.6. The molecule has 0 saturated carbocycles. The highest BCUT2D eigenvalue weighted by atomic mass is 35.5. The average Bonchev–Trinajstić information content (AvgIpc) is 3.18. The van der Waals surface area contributed by atoms with Crippen LogP contribution in [0.3, 0.4) is 0 Å². The molecule has 2 aromatic carbocycles. The third kappa shape index (κ3) is 7.05. The van der Waals surface area contributed by atoms with E-state index in [1.807, 2.05) is 0 Å². The minimum absolute atomic E-state index is 0.00321. The summed E-state index contributed by atoms with van der Waals surface area (Å²) >= 11 is 6.05. The van der Waals surface area contributed by atoms with E-state index in [0.717, 1.165) is 0 Å². The quantitative estimate of drug-likeness (QED) is 0.335. The molecule has 3 rings (SSSR count). The van der Waals surface area contributed by atoms with Crippen LogP contribution in [0.25, 0.3) is 5.31 Å². The van der Waals surface area contributed by atoms with Crippen molar-refractivity contribution in [2.45, 2.75) is 26.3 Å². The van der Waals surface area contributed by atoms with Crippen LogP contribution in [-0.2, 0) is 28.2 Å². The van der Waals surface area contributed by atoms with Crippen LogP contribution in [0.4, 0.5) is 0 Å². The highest BCUT2D eigenvalue weighted by Gasteiger charge is 2.38. The van der Waals surface area contributed by atoms with Gasteiger partial charge in [-0.3, -0.25) is 14.2 Å². The van der Waals surface area contributed by atoms with Crippen molar-refractivity contribution in [2.75, 3.05) is 24.7 Å². The molecule has 1 aliphatic rings. The maximum Gasteiger partial charge on any atom is 0.364 e. The van der Waals surface area contributed by atoms with Crippen molar-refractivity contribution in [3.63, 3.8) is 0 Å². The lowest BCUT2D eigenvalue weighted by Crippen LogP contribution is -2.41. The number of carbonyl (C=O) groups excluding carboxylic acids is 2. The predicted octanol–water partition coefficient (Wildman–Crippen LogP) is 4.01. The molecule has 194 valence electrons. The van der Waals surface area contributed by atoms with Gasteiger partial charge in [-0.15, -0.1) is 0 Å². The first kappa shape index (κ1) is 28.1. The first-order valence-corrected chi connectivity index (χ1v) is 15.1. The molecule has 12 heteroatoms.